The molecule has 0 radical (unpaired) electrons. The van der Waals surface area contributed by atoms with Crippen molar-refractivity contribution in [1.82, 2.24) is 14.5 Å². The fourth-order valence-electron chi connectivity index (χ4n) is 4.06. The minimum atomic E-state index is -0.808. The smallest absolute Gasteiger partial charge is 0.408 e. The van der Waals surface area contributed by atoms with Crippen molar-refractivity contribution in [1.29, 1.82) is 0 Å². The van der Waals surface area contributed by atoms with Crippen LogP contribution in [0.25, 0.3) is 21.8 Å². The van der Waals surface area contributed by atoms with Gasteiger partial charge in [0.1, 0.15) is 11.6 Å². The summed E-state index contributed by atoms with van der Waals surface area (Å²) in [6, 6.07) is 15.0. The molecular weight excluding hydrogens is 416 g/mol. The second-order valence-electron chi connectivity index (χ2n) is 9.37. The molecule has 0 saturated carbocycles. The molecule has 0 saturated heterocycles. The number of nitrogens with one attached hydrogen (secondary N) is 2. The fourth-order valence-corrected chi connectivity index (χ4v) is 4.06. The van der Waals surface area contributed by atoms with Gasteiger partial charge in [-0.05, 0) is 56.7 Å². The molecule has 1 unspecified atom stereocenters. The van der Waals surface area contributed by atoms with E-state index in [1.54, 1.807) is 20.8 Å². The lowest BCUT2D eigenvalue weighted by Gasteiger charge is -2.23. The number of benzene rings is 2. The van der Waals surface area contributed by atoms with E-state index in [1.165, 1.54) is 0 Å². The summed E-state index contributed by atoms with van der Waals surface area (Å²) in [6.45, 7) is 5.38. The lowest BCUT2D eigenvalue weighted by Crippen LogP contribution is -2.47. The fraction of sp³-hybridized carbons (Fsp3) is 0.308. The molecule has 0 fully saturated rings. The standard InChI is InChI=1S/C26H30N4O3/c1-26(2,3)33-25(32)28-21(15-18-16-30(5)23-9-7-6-8-20(18)23)24(31)27-19-10-11-22-17(14-19)12-13-29(22)4/h6-14,16,21H,15H2,1-5H3,(H,27,31)(H,28,32). The number of hydrogen-bond donors (Lipinski definition) is 2. The second kappa shape index (κ2) is 8.65. The molecule has 7 heteroatoms. The quantitative estimate of drug-likeness (QED) is 0.465. The summed E-state index contributed by atoms with van der Waals surface area (Å²) in [5.74, 6) is -0.302. The van der Waals surface area contributed by atoms with Gasteiger partial charge < -0.3 is 24.5 Å². The molecule has 0 aliphatic carbocycles. The van der Waals surface area contributed by atoms with E-state index in [2.05, 4.69) is 10.6 Å². The van der Waals surface area contributed by atoms with E-state index in [1.807, 2.05) is 84.2 Å². The van der Waals surface area contributed by atoms with Crippen molar-refractivity contribution in [2.75, 3.05) is 5.32 Å². The molecule has 0 bridgehead atoms. The Morgan fingerprint density at radius 2 is 1.76 bits per heavy atom. The van der Waals surface area contributed by atoms with Crippen LogP contribution in [0.15, 0.2) is 60.9 Å². The summed E-state index contributed by atoms with van der Waals surface area (Å²) in [6.07, 6.45) is 3.68. The lowest BCUT2D eigenvalue weighted by atomic mass is 10.0. The number of rotatable bonds is 5. The highest BCUT2D eigenvalue weighted by molar-refractivity contribution is 5.99. The molecule has 172 valence electrons. The Labute approximate surface area is 193 Å². The number of fused-ring (bicyclic) bond motifs is 2. The normalized spacial score (nSPS) is 12.6. The number of carbonyl (C=O) groups excluding carboxylic acids is 2. The number of nitrogens with zero attached hydrogens (tertiary/aromatic N) is 2. The SMILES string of the molecule is Cn1ccc2cc(NC(=O)C(Cc3cn(C)c4ccccc34)NC(=O)OC(C)(C)C)ccc21. The van der Waals surface area contributed by atoms with Crippen molar-refractivity contribution in [3.05, 3.63) is 66.5 Å². The number of alkyl carbamates (subject to hydrolysis) is 1. The average molecular weight is 447 g/mol. The highest BCUT2D eigenvalue weighted by Crippen LogP contribution is 2.23. The van der Waals surface area contributed by atoms with Crippen molar-refractivity contribution >= 4 is 39.5 Å². The van der Waals surface area contributed by atoms with E-state index >= 15 is 0 Å². The Morgan fingerprint density at radius 1 is 1.00 bits per heavy atom. The van der Waals surface area contributed by atoms with E-state index in [4.69, 9.17) is 4.74 Å². The predicted octanol–water partition coefficient (Wildman–Crippen LogP) is 4.74. The molecule has 0 aliphatic rings. The van der Waals surface area contributed by atoms with Gasteiger partial charge in [-0.1, -0.05) is 18.2 Å². The van der Waals surface area contributed by atoms with Gasteiger partial charge in [0.05, 0.1) is 0 Å². The van der Waals surface area contributed by atoms with Crippen LogP contribution in [-0.2, 0) is 30.0 Å². The Hall–Kier alpha value is -3.74. The van der Waals surface area contributed by atoms with Crippen LogP contribution in [0.2, 0.25) is 0 Å². The minimum Gasteiger partial charge on any atom is -0.444 e. The summed E-state index contributed by atoms with van der Waals surface area (Å²) in [5, 5.41) is 7.81. The zero-order valence-electron chi connectivity index (χ0n) is 19.7. The largest absolute Gasteiger partial charge is 0.444 e. The highest BCUT2D eigenvalue weighted by atomic mass is 16.6. The van der Waals surface area contributed by atoms with Crippen molar-refractivity contribution in [3.63, 3.8) is 0 Å². The molecule has 2 aromatic carbocycles. The number of anilines is 1. The number of hydrogen-bond acceptors (Lipinski definition) is 3. The Morgan fingerprint density at radius 3 is 2.52 bits per heavy atom. The predicted molar refractivity (Wildman–Crippen MR) is 131 cm³/mol. The minimum absolute atomic E-state index is 0.302. The molecule has 4 aromatic rings. The van der Waals surface area contributed by atoms with Gasteiger partial charge >= 0.3 is 6.09 Å². The monoisotopic (exact) mass is 446 g/mol. The summed E-state index contributed by atoms with van der Waals surface area (Å²) in [5.41, 5.74) is 3.13. The number of aryl methyl sites for hydroxylation is 2. The van der Waals surface area contributed by atoms with Gasteiger partial charge in [0.25, 0.3) is 0 Å². The maximum absolute atomic E-state index is 13.3. The van der Waals surface area contributed by atoms with Crippen LogP contribution >= 0.6 is 0 Å². The summed E-state index contributed by atoms with van der Waals surface area (Å²) < 4.78 is 9.47. The first-order valence-corrected chi connectivity index (χ1v) is 11.0. The number of carbonyl (C=O) groups is 2. The van der Waals surface area contributed by atoms with Gasteiger partial charge in [-0.2, -0.15) is 0 Å². The van der Waals surface area contributed by atoms with Crippen LogP contribution in [0.1, 0.15) is 26.3 Å². The maximum atomic E-state index is 13.3. The topological polar surface area (TPSA) is 77.3 Å². The van der Waals surface area contributed by atoms with Gasteiger partial charge in [0.2, 0.25) is 5.91 Å². The third-order valence-corrected chi connectivity index (χ3v) is 5.56. The van der Waals surface area contributed by atoms with E-state index in [0.29, 0.717) is 12.1 Å². The van der Waals surface area contributed by atoms with Crippen LogP contribution in [0, 0.1) is 0 Å². The van der Waals surface area contributed by atoms with E-state index in [9.17, 15) is 9.59 Å². The Kier molecular flexibility index (Phi) is 5.89. The molecule has 2 aromatic heterocycles. The van der Waals surface area contributed by atoms with Crippen LogP contribution in [-0.4, -0.2) is 32.8 Å². The number of para-hydroxylation sites is 1. The molecule has 4 rings (SSSR count). The lowest BCUT2D eigenvalue weighted by molar-refractivity contribution is -0.118. The van der Waals surface area contributed by atoms with Crippen molar-refractivity contribution in [3.8, 4) is 0 Å². The molecule has 1 atom stereocenters. The third kappa shape index (κ3) is 5.03. The molecule has 2 amide bonds. The van der Waals surface area contributed by atoms with Crippen LogP contribution < -0.4 is 10.6 Å². The van der Waals surface area contributed by atoms with Gasteiger partial charge in [-0.3, -0.25) is 4.79 Å². The zero-order chi connectivity index (χ0) is 23.8. The van der Waals surface area contributed by atoms with Gasteiger partial charge in [-0.15, -0.1) is 0 Å². The van der Waals surface area contributed by atoms with E-state index < -0.39 is 17.7 Å². The average Bonchev–Trinajstić information content (AvgIpc) is 3.26. The molecule has 33 heavy (non-hydrogen) atoms. The Bertz CT molecular complexity index is 1330. The van der Waals surface area contributed by atoms with Crippen molar-refractivity contribution < 1.29 is 14.3 Å². The summed E-state index contributed by atoms with van der Waals surface area (Å²) in [7, 11) is 3.95. The molecule has 2 heterocycles. The molecule has 2 N–H and O–H groups in total. The van der Waals surface area contributed by atoms with Crippen molar-refractivity contribution in [2.45, 2.75) is 38.8 Å². The summed E-state index contributed by atoms with van der Waals surface area (Å²) >= 11 is 0. The molecule has 0 aliphatic heterocycles. The third-order valence-electron chi connectivity index (χ3n) is 5.56. The van der Waals surface area contributed by atoms with Gasteiger partial charge in [0, 0.05) is 60.4 Å². The first kappa shape index (κ1) is 22.5. The first-order valence-electron chi connectivity index (χ1n) is 11.0. The number of ether oxygens (including phenoxy) is 1. The molecular formula is C26H30N4O3. The second-order valence-corrected chi connectivity index (χ2v) is 9.37. The maximum Gasteiger partial charge on any atom is 0.408 e. The number of aromatic nitrogens is 2. The first-order chi connectivity index (χ1) is 15.6. The van der Waals surface area contributed by atoms with Crippen LogP contribution in [0.4, 0.5) is 10.5 Å². The van der Waals surface area contributed by atoms with Crippen molar-refractivity contribution in [2.24, 2.45) is 14.1 Å². The number of amides is 2. The Balaban J connectivity index is 1.60. The zero-order valence-corrected chi connectivity index (χ0v) is 19.7. The van der Waals surface area contributed by atoms with Gasteiger partial charge in [-0.25, -0.2) is 4.79 Å². The van der Waals surface area contributed by atoms with E-state index in [-0.39, 0.29) is 5.91 Å². The van der Waals surface area contributed by atoms with Crippen LogP contribution in [0.3, 0.4) is 0 Å². The highest BCUT2D eigenvalue weighted by Gasteiger charge is 2.26. The summed E-state index contributed by atoms with van der Waals surface area (Å²) in [4.78, 5) is 25.9. The van der Waals surface area contributed by atoms with E-state index in [0.717, 1.165) is 27.4 Å². The van der Waals surface area contributed by atoms with Crippen LogP contribution in [0.5, 0.6) is 0 Å². The molecule has 0 spiro atoms. The molecule has 7 nitrogen and oxygen atoms in total. The van der Waals surface area contributed by atoms with Gasteiger partial charge in [0.15, 0.2) is 0 Å².